The standard InChI is InChI=1S/C7H7NOS/c9-5-2-1-3-7-8-4-6-10-7/h4,6,9H,3,5H2. The molecule has 0 saturated carbocycles. The molecule has 52 valence electrons. The predicted molar refractivity (Wildman–Crippen MR) is 40.7 cm³/mol. The molecule has 0 unspecified atom stereocenters. The summed E-state index contributed by atoms with van der Waals surface area (Å²) >= 11 is 1.58. The Balaban J connectivity index is 2.41. The minimum Gasteiger partial charge on any atom is -0.384 e. The smallest absolute Gasteiger partial charge is 0.104 e. The summed E-state index contributed by atoms with van der Waals surface area (Å²) in [5, 5.41) is 11.2. The first-order valence-electron chi connectivity index (χ1n) is 2.88. The number of aliphatic hydroxyl groups is 1. The lowest BCUT2D eigenvalue weighted by Crippen LogP contribution is -1.78. The third-order valence-corrected chi connectivity index (χ3v) is 1.71. The van der Waals surface area contributed by atoms with Gasteiger partial charge in [-0.3, -0.25) is 0 Å². The highest BCUT2D eigenvalue weighted by Crippen LogP contribution is 2.02. The van der Waals surface area contributed by atoms with Crippen molar-refractivity contribution in [3.8, 4) is 11.8 Å². The molecule has 0 aliphatic carbocycles. The molecule has 0 spiro atoms. The molecule has 0 saturated heterocycles. The lowest BCUT2D eigenvalue weighted by molar-refractivity contribution is 0.350. The lowest BCUT2D eigenvalue weighted by atomic mass is 10.4. The first-order chi connectivity index (χ1) is 4.93. The normalized spacial score (nSPS) is 8.50. The van der Waals surface area contributed by atoms with Gasteiger partial charge in [-0.25, -0.2) is 4.98 Å². The van der Waals surface area contributed by atoms with E-state index >= 15 is 0 Å². The van der Waals surface area contributed by atoms with Crippen molar-refractivity contribution >= 4 is 11.3 Å². The summed E-state index contributed by atoms with van der Waals surface area (Å²) < 4.78 is 0. The summed E-state index contributed by atoms with van der Waals surface area (Å²) in [6.07, 6.45) is 2.40. The van der Waals surface area contributed by atoms with E-state index in [0.717, 1.165) is 5.01 Å². The molecular weight excluding hydrogens is 146 g/mol. The van der Waals surface area contributed by atoms with Gasteiger partial charge in [0.2, 0.25) is 0 Å². The zero-order chi connectivity index (χ0) is 7.23. The van der Waals surface area contributed by atoms with Crippen molar-refractivity contribution in [3.05, 3.63) is 16.6 Å². The zero-order valence-corrected chi connectivity index (χ0v) is 6.19. The van der Waals surface area contributed by atoms with E-state index < -0.39 is 0 Å². The number of aliphatic hydroxyl groups excluding tert-OH is 1. The molecular formula is C7H7NOS. The molecule has 1 N–H and O–H groups in total. The van der Waals surface area contributed by atoms with Gasteiger partial charge in [-0.1, -0.05) is 11.8 Å². The van der Waals surface area contributed by atoms with Crippen molar-refractivity contribution in [2.45, 2.75) is 6.42 Å². The average molecular weight is 153 g/mol. The number of hydrogen-bond acceptors (Lipinski definition) is 3. The Bertz CT molecular complexity index is 232. The van der Waals surface area contributed by atoms with Crippen LogP contribution in [0.3, 0.4) is 0 Å². The van der Waals surface area contributed by atoms with Crippen molar-refractivity contribution in [1.82, 2.24) is 4.98 Å². The number of hydrogen-bond donors (Lipinski definition) is 1. The SMILES string of the molecule is OCC#CCc1nccs1. The lowest BCUT2D eigenvalue weighted by Gasteiger charge is -1.79. The van der Waals surface area contributed by atoms with Gasteiger partial charge in [0.1, 0.15) is 11.6 Å². The van der Waals surface area contributed by atoms with E-state index in [4.69, 9.17) is 5.11 Å². The zero-order valence-electron chi connectivity index (χ0n) is 5.37. The summed E-state index contributed by atoms with van der Waals surface area (Å²) in [5.74, 6) is 5.34. The van der Waals surface area contributed by atoms with Gasteiger partial charge in [-0.2, -0.15) is 0 Å². The summed E-state index contributed by atoms with van der Waals surface area (Å²) in [7, 11) is 0. The number of nitrogens with zero attached hydrogens (tertiary/aromatic N) is 1. The van der Waals surface area contributed by atoms with Crippen LogP contribution in [0.2, 0.25) is 0 Å². The van der Waals surface area contributed by atoms with E-state index in [0.29, 0.717) is 6.42 Å². The highest BCUT2D eigenvalue weighted by Gasteiger charge is 1.88. The molecule has 1 aromatic heterocycles. The second-order valence-corrected chi connectivity index (χ2v) is 2.59. The summed E-state index contributed by atoms with van der Waals surface area (Å²) in [6, 6.07) is 0. The topological polar surface area (TPSA) is 33.1 Å². The average Bonchev–Trinajstić information content (AvgIpc) is 2.41. The minimum atomic E-state index is -0.0641. The molecule has 0 fully saturated rings. The number of thiazole rings is 1. The van der Waals surface area contributed by atoms with E-state index in [-0.39, 0.29) is 6.61 Å². The first-order valence-corrected chi connectivity index (χ1v) is 3.76. The molecule has 0 atom stereocenters. The number of aromatic nitrogens is 1. The van der Waals surface area contributed by atoms with Crippen molar-refractivity contribution in [2.75, 3.05) is 6.61 Å². The van der Waals surface area contributed by atoms with Gasteiger partial charge in [0, 0.05) is 11.6 Å². The number of rotatable bonds is 1. The van der Waals surface area contributed by atoms with Gasteiger partial charge in [-0.15, -0.1) is 11.3 Å². The van der Waals surface area contributed by atoms with Crippen LogP contribution in [0.4, 0.5) is 0 Å². The van der Waals surface area contributed by atoms with Gasteiger partial charge < -0.3 is 5.11 Å². The Hall–Kier alpha value is -0.850. The summed E-state index contributed by atoms with van der Waals surface area (Å²) in [4.78, 5) is 4.02. The molecule has 0 amide bonds. The first kappa shape index (κ1) is 7.26. The monoisotopic (exact) mass is 153 g/mol. The Morgan fingerprint density at radius 2 is 2.50 bits per heavy atom. The van der Waals surface area contributed by atoms with Crippen molar-refractivity contribution < 1.29 is 5.11 Å². The van der Waals surface area contributed by atoms with Gasteiger partial charge in [-0.05, 0) is 0 Å². The minimum absolute atomic E-state index is 0.0641. The fraction of sp³-hybridized carbons (Fsp3) is 0.286. The van der Waals surface area contributed by atoms with Crippen molar-refractivity contribution in [2.24, 2.45) is 0 Å². The van der Waals surface area contributed by atoms with Gasteiger partial charge in [0.25, 0.3) is 0 Å². The fourth-order valence-electron chi connectivity index (χ4n) is 0.534. The molecule has 0 radical (unpaired) electrons. The van der Waals surface area contributed by atoms with Crippen molar-refractivity contribution in [3.63, 3.8) is 0 Å². The maximum absolute atomic E-state index is 8.30. The second-order valence-electron chi connectivity index (χ2n) is 1.61. The molecule has 1 rings (SSSR count). The van der Waals surface area contributed by atoms with Gasteiger partial charge in [0.05, 0.1) is 6.42 Å². The molecule has 2 nitrogen and oxygen atoms in total. The molecule has 0 aliphatic rings. The van der Waals surface area contributed by atoms with Crippen molar-refractivity contribution in [1.29, 1.82) is 0 Å². The second kappa shape index (κ2) is 4.04. The Kier molecular flexibility index (Phi) is 2.94. The highest BCUT2D eigenvalue weighted by atomic mass is 32.1. The van der Waals surface area contributed by atoms with Crippen LogP contribution in [0.5, 0.6) is 0 Å². The predicted octanol–water partition coefficient (Wildman–Crippen LogP) is 0.681. The quantitative estimate of drug-likeness (QED) is 0.602. The summed E-state index contributed by atoms with van der Waals surface area (Å²) in [6.45, 7) is -0.0641. The molecule has 1 aromatic rings. The molecule has 0 aliphatic heterocycles. The van der Waals surface area contributed by atoms with E-state index in [1.807, 2.05) is 5.38 Å². The Morgan fingerprint density at radius 1 is 1.60 bits per heavy atom. The van der Waals surface area contributed by atoms with Crippen LogP contribution < -0.4 is 0 Å². The van der Waals surface area contributed by atoms with Crippen LogP contribution in [-0.2, 0) is 6.42 Å². The van der Waals surface area contributed by atoms with Crippen LogP contribution >= 0.6 is 11.3 Å². The van der Waals surface area contributed by atoms with Crippen LogP contribution in [-0.4, -0.2) is 16.7 Å². The van der Waals surface area contributed by atoms with E-state index in [1.54, 1.807) is 17.5 Å². The molecule has 1 heterocycles. The third-order valence-electron chi connectivity index (χ3n) is 0.927. The summed E-state index contributed by atoms with van der Waals surface area (Å²) in [5.41, 5.74) is 0. The molecule has 0 bridgehead atoms. The molecule has 0 aromatic carbocycles. The van der Waals surface area contributed by atoms with Crippen LogP contribution in [0.1, 0.15) is 5.01 Å². The van der Waals surface area contributed by atoms with E-state index in [9.17, 15) is 0 Å². The third kappa shape index (κ3) is 2.18. The molecule has 3 heteroatoms. The van der Waals surface area contributed by atoms with Crippen LogP contribution in [0.15, 0.2) is 11.6 Å². The van der Waals surface area contributed by atoms with Crippen LogP contribution in [0, 0.1) is 11.8 Å². The fourth-order valence-corrected chi connectivity index (χ4v) is 1.09. The Morgan fingerprint density at radius 3 is 3.10 bits per heavy atom. The highest BCUT2D eigenvalue weighted by molar-refractivity contribution is 7.09. The Labute approximate surface area is 63.5 Å². The van der Waals surface area contributed by atoms with Gasteiger partial charge in [0.15, 0.2) is 0 Å². The largest absolute Gasteiger partial charge is 0.384 e. The van der Waals surface area contributed by atoms with Crippen LogP contribution in [0.25, 0.3) is 0 Å². The van der Waals surface area contributed by atoms with Gasteiger partial charge >= 0.3 is 0 Å². The molecule has 10 heavy (non-hydrogen) atoms. The maximum Gasteiger partial charge on any atom is 0.104 e. The maximum atomic E-state index is 8.30. The van der Waals surface area contributed by atoms with E-state index in [1.165, 1.54) is 0 Å². The van der Waals surface area contributed by atoms with E-state index in [2.05, 4.69) is 16.8 Å².